The Kier molecular flexibility index (Phi) is 8.75. The molecule has 1 fully saturated rings. The van der Waals surface area contributed by atoms with Crippen LogP contribution in [0.1, 0.15) is 37.8 Å². The molecule has 1 aliphatic heterocycles. The summed E-state index contributed by atoms with van der Waals surface area (Å²) < 4.78 is 38.5. The van der Waals surface area contributed by atoms with Gasteiger partial charge in [0.1, 0.15) is 0 Å². The highest BCUT2D eigenvalue weighted by Gasteiger charge is 2.32. The van der Waals surface area contributed by atoms with Gasteiger partial charge in [-0.25, -0.2) is 0 Å². The van der Waals surface area contributed by atoms with Crippen LogP contribution >= 0.6 is 24.2 Å². The van der Waals surface area contributed by atoms with Crippen molar-refractivity contribution in [1.29, 1.82) is 0 Å². The van der Waals surface area contributed by atoms with Gasteiger partial charge in [0.2, 0.25) is 0 Å². The van der Waals surface area contributed by atoms with Gasteiger partial charge in [-0.1, -0.05) is 38.0 Å². The molecule has 0 aromatic heterocycles. The fourth-order valence-electron chi connectivity index (χ4n) is 2.90. The van der Waals surface area contributed by atoms with Gasteiger partial charge in [0.05, 0.1) is 0 Å². The first-order chi connectivity index (χ1) is 10.5. The van der Waals surface area contributed by atoms with E-state index in [9.17, 15) is 13.2 Å². The number of thioether (sulfide) groups is 1. The summed E-state index contributed by atoms with van der Waals surface area (Å²) in [6.07, 6.45) is 2.99. The zero-order valence-electron chi connectivity index (χ0n) is 13.2. The number of unbranched alkanes of at least 4 members (excludes halogenated alkanes) is 1. The molecule has 0 unspecified atom stereocenters. The van der Waals surface area contributed by atoms with Crippen molar-refractivity contribution in [2.75, 3.05) is 26.2 Å². The standard InChI is InChI=1S/C16H23F3N2S.ClH/c1-2-3-7-14(21-11-9-20-10-12-21)13-6-4-5-8-15(13)22-16(17,18)19;/h4-6,8,14,20H,2-3,7,9-12H2,1H3;1H/t14-;/m1./s1. The van der Waals surface area contributed by atoms with Gasteiger partial charge in [-0.3, -0.25) is 4.90 Å². The summed E-state index contributed by atoms with van der Waals surface area (Å²) in [5, 5.41) is 3.30. The van der Waals surface area contributed by atoms with Crippen LogP contribution in [-0.4, -0.2) is 36.6 Å². The zero-order valence-corrected chi connectivity index (χ0v) is 14.9. The van der Waals surface area contributed by atoms with Gasteiger partial charge < -0.3 is 5.32 Å². The summed E-state index contributed by atoms with van der Waals surface area (Å²) in [6.45, 7) is 5.69. The van der Waals surface area contributed by atoms with Crippen molar-refractivity contribution in [1.82, 2.24) is 10.2 Å². The third-order valence-corrected chi connectivity index (χ3v) is 4.75. The molecule has 1 atom stereocenters. The van der Waals surface area contributed by atoms with Crippen molar-refractivity contribution in [3.63, 3.8) is 0 Å². The number of rotatable bonds is 6. The number of alkyl halides is 3. The molecule has 0 radical (unpaired) electrons. The van der Waals surface area contributed by atoms with E-state index in [1.807, 2.05) is 12.1 Å². The predicted molar refractivity (Wildman–Crippen MR) is 92.3 cm³/mol. The minimum absolute atomic E-state index is 0. The molecule has 1 heterocycles. The largest absolute Gasteiger partial charge is 0.446 e. The molecule has 0 bridgehead atoms. The van der Waals surface area contributed by atoms with E-state index in [1.54, 1.807) is 12.1 Å². The van der Waals surface area contributed by atoms with E-state index in [-0.39, 0.29) is 30.2 Å². The molecule has 1 aromatic carbocycles. The van der Waals surface area contributed by atoms with Crippen molar-refractivity contribution < 1.29 is 13.2 Å². The summed E-state index contributed by atoms with van der Waals surface area (Å²) in [7, 11) is 0. The van der Waals surface area contributed by atoms with Crippen LogP contribution in [0, 0.1) is 0 Å². The molecular weight excluding hydrogens is 345 g/mol. The minimum Gasteiger partial charge on any atom is -0.314 e. The van der Waals surface area contributed by atoms with Gasteiger partial charge in [0, 0.05) is 37.1 Å². The Morgan fingerprint density at radius 2 is 1.87 bits per heavy atom. The third kappa shape index (κ3) is 6.53. The minimum atomic E-state index is -4.24. The molecule has 2 nitrogen and oxygen atoms in total. The van der Waals surface area contributed by atoms with Gasteiger partial charge in [0.25, 0.3) is 0 Å². The molecule has 1 N–H and O–H groups in total. The fourth-order valence-corrected chi connectivity index (χ4v) is 3.62. The predicted octanol–water partition coefficient (Wildman–Crippen LogP) is 4.86. The zero-order chi connectivity index (χ0) is 16.0. The second kappa shape index (κ2) is 9.77. The Bertz CT molecular complexity index is 465. The number of benzene rings is 1. The van der Waals surface area contributed by atoms with Crippen LogP contribution in [0.5, 0.6) is 0 Å². The molecule has 7 heteroatoms. The Balaban J connectivity index is 0.00000264. The van der Waals surface area contributed by atoms with E-state index in [1.165, 1.54) is 0 Å². The fraction of sp³-hybridized carbons (Fsp3) is 0.625. The van der Waals surface area contributed by atoms with E-state index >= 15 is 0 Å². The first kappa shape index (κ1) is 20.6. The topological polar surface area (TPSA) is 15.3 Å². The van der Waals surface area contributed by atoms with Crippen LogP contribution in [0.25, 0.3) is 0 Å². The summed E-state index contributed by atoms with van der Waals surface area (Å²) in [5.74, 6) is 0. The molecule has 1 saturated heterocycles. The Morgan fingerprint density at radius 3 is 2.48 bits per heavy atom. The summed E-state index contributed by atoms with van der Waals surface area (Å²) in [6, 6.07) is 7.06. The lowest BCUT2D eigenvalue weighted by Gasteiger charge is -2.36. The number of hydrogen-bond acceptors (Lipinski definition) is 3. The van der Waals surface area contributed by atoms with Gasteiger partial charge in [-0.05, 0) is 29.8 Å². The summed E-state index contributed by atoms with van der Waals surface area (Å²) in [4.78, 5) is 2.66. The van der Waals surface area contributed by atoms with Crippen LogP contribution in [0.15, 0.2) is 29.2 Å². The van der Waals surface area contributed by atoms with Crippen molar-refractivity contribution in [2.45, 2.75) is 42.6 Å². The average molecular weight is 369 g/mol. The van der Waals surface area contributed by atoms with Gasteiger partial charge in [0.15, 0.2) is 0 Å². The van der Waals surface area contributed by atoms with Crippen LogP contribution in [0.3, 0.4) is 0 Å². The molecular formula is C16H24ClF3N2S. The normalized spacial score (nSPS) is 17.6. The van der Waals surface area contributed by atoms with Crippen molar-refractivity contribution in [2.24, 2.45) is 0 Å². The molecule has 0 spiro atoms. The number of nitrogens with one attached hydrogen (secondary N) is 1. The van der Waals surface area contributed by atoms with E-state index in [0.29, 0.717) is 4.90 Å². The van der Waals surface area contributed by atoms with Crippen LogP contribution in [0.4, 0.5) is 13.2 Å². The molecule has 1 aromatic rings. The average Bonchev–Trinajstić information content (AvgIpc) is 2.49. The van der Waals surface area contributed by atoms with Crippen molar-refractivity contribution >= 4 is 24.2 Å². The number of piperazine rings is 1. The van der Waals surface area contributed by atoms with Crippen molar-refractivity contribution in [3.8, 4) is 0 Å². The highest BCUT2D eigenvalue weighted by atomic mass is 35.5. The highest BCUT2D eigenvalue weighted by Crippen LogP contribution is 2.42. The van der Waals surface area contributed by atoms with Gasteiger partial charge in [-0.2, -0.15) is 13.2 Å². The SMILES string of the molecule is CCCC[C@H](c1ccccc1SC(F)(F)F)N1CCNCC1.Cl. The lowest BCUT2D eigenvalue weighted by molar-refractivity contribution is -0.0328. The van der Waals surface area contributed by atoms with Gasteiger partial charge in [-0.15, -0.1) is 12.4 Å². The number of hydrogen-bond donors (Lipinski definition) is 1. The van der Waals surface area contributed by atoms with E-state index in [0.717, 1.165) is 51.0 Å². The molecule has 23 heavy (non-hydrogen) atoms. The van der Waals surface area contributed by atoms with Crippen molar-refractivity contribution in [3.05, 3.63) is 29.8 Å². The monoisotopic (exact) mass is 368 g/mol. The molecule has 0 aliphatic carbocycles. The lowest BCUT2D eigenvalue weighted by Crippen LogP contribution is -2.45. The third-order valence-electron chi connectivity index (χ3n) is 3.93. The highest BCUT2D eigenvalue weighted by molar-refractivity contribution is 8.00. The van der Waals surface area contributed by atoms with Gasteiger partial charge >= 0.3 is 5.51 Å². The second-order valence-corrected chi connectivity index (χ2v) is 6.64. The van der Waals surface area contributed by atoms with E-state index in [2.05, 4.69) is 17.1 Å². The summed E-state index contributed by atoms with van der Waals surface area (Å²) >= 11 is 0.0109. The van der Waals surface area contributed by atoms with E-state index in [4.69, 9.17) is 0 Å². The second-order valence-electron chi connectivity index (χ2n) is 5.53. The van der Waals surface area contributed by atoms with E-state index < -0.39 is 5.51 Å². The first-order valence-corrected chi connectivity index (χ1v) is 8.62. The maximum absolute atomic E-state index is 12.8. The number of nitrogens with zero attached hydrogens (tertiary/aromatic N) is 1. The van der Waals surface area contributed by atoms with Crippen LogP contribution in [0.2, 0.25) is 0 Å². The molecule has 0 saturated carbocycles. The smallest absolute Gasteiger partial charge is 0.314 e. The Morgan fingerprint density at radius 1 is 1.22 bits per heavy atom. The molecule has 1 aliphatic rings. The number of halogens is 4. The first-order valence-electron chi connectivity index (χ1n) is 7.80. The summed E-state index contributed by atoms with van der Waals surface area (Å²) in [5.41, 5.74) is -3.42. The maximum atomic E-state index is 12.8. The van der Waals surface area contributed by atoms with Crippen LogP contribution < -0.4 is 5.32 Å². The molecule has 2 rings (SSSR count). The maximum Gasteiger partial charge on any atom is 0.446 e. The lowest BCUT2D eigenvalue weighted by atomic mass is 9.98. The Labute approximate surface area is 146 Å². The molecule has 0 amide bonds. The molecule has 132 valence electrons. The Hall–Kier alpha value is -0.430. The van der Waals surface area contributed by atoms with Crippen LogP contribution in [-0.2, 0) is 0 Å². The quantitative estimate of drug-likeness (QED) is 0.722.